The molecule has 0 aliphatic rings. The van der Waals surface area contributed by atoms with Crippen LogP contribution < -0.4 is 14.8 Å². The van der Waals surface area contributed by atoms with Gasteiger partial charge in [-0.05, 0) is 55.5 Å². The topological polar surface area (TPSA) is 91.4 Å². The molecule has 33 heavy (non-hydrogen) atoms. The maximum atomic E-state index is 14.0. The largest absolute Gasteiger partial charge is 0.494 e. The second kappa shape index (κ2) is 10.2. The zero-order valence-corrected chi connectivity index (χ0v) is 18.4. The van der Waals surface area contributed by atoms with Gasteiger partial charge >= 0.3 is 0 Å². The maximum absolute atomic E-state index is 14.0. The summed E-state index contributed by atoms with van der Waals surface area (Å²) in [5.74, 6) is 1.04. The molecule has 170 valence electrons. The number of ether oxygens (including phenoxy) is 2. The highest BCUT2D eigenvalue weighted by Gasteiger charge is 2.15. The van der Waals surface area contributed by atoms with Gasteiger partial charge in [0.15, 0.2) is 5.76 Å². The molecule has 4 aromatic rings. The number of hydrogen-bond donors (Lipinski definition) is 1. The molecule has 0 saturated heterocycles. The normalized spacial score (nSPS) is 10.8. The van der Waals surface area contributed by atoms with Crippen molar-refractivity contribution in [2.24, 2.45) is 0 Å². The number of carbonyl (C=O) groups is 1. The van der Waals surface area contributed by atoms with E-state index < -0.39 is 11.7 Å². The lowest BCUT2D eigenvalue weighted by Crippen LogP contribution is -2.13. The molecule has 0 fully saturated rings. The van der Waals surface area contributed by atoms with Crippen LogP contribution in [0.4, 0.5) is 10.3 Å². The molecule has 4 rings (SSSR count). The van der Waals surface area contributed by atoms with Crippen LogP contribution in [0.3, 0.4) is 0 Å². The third-order valence-electron chi connectivity index (χ3n) is 4.54. The van der Waals surface area contributed by atoms with Crippen LogP contribution in [0.2, 0.25) is 5.02 Å². The van der Waals surface area contributed by atoms with Crippen molar-refractivity contribution in [2.45, 2.75) is 20.1 Å². The number of halogens is 2. The Bertz CT molecular complexity index is 1220. The number of nitrogens with zero attached hydrogens (tertiary/aromatic N) is 3. The van der Waals surface area contributed by atoms with E-state index in [0.717, 1.165) is 5.75 Å². The third-order valence-corrected chi connectivity index (χ3v) is 4.90. The fourth-order valence-electron chi connectivity index (χ4n) is 2.97. The number of rotatable bonds is 9. The molecule has 0 atom stereocenters. The Morgan fingerprint density at radius 3 is 2.61 bits per heavy atom. The van der Waals surface area contributed by atoms with Gasteiger partial charge in [-0.1, -0.05) is 17.7 Å². The Labute approximate surface area is 193 Å². The highest BCUT2D eigenvalue weighted by atomic mass is 35.5. The molecule has 0 bridgehead atoms. The number of benzene rings is 2. The molecule has 0 saturated carbocycles. The van der Waals surface area contributed by atoms with Gasteiger partial charge in [0, 0.05) is 10.6 Å². The van der Waals surface area contributed by atoms with Crippen molar-refractivity contribution in [1.29, 1.82) is 0 Å². The lowest BCUT2D eigenvalue weighted by atomic mass is 10.2. The van der Waals surface area contributed by atoms with E-state index in [1.165, 1.54) is 29.2 Å². The second-order valence-electron chi connectivity index (χ2n) is 6.88. The summed E-state index contributed by atoms with van der Waals surface area (Å²) in [4.78, 5) is 16.5. The Balaban J connectivity index is 1.32. The predicted octanol–water partition coefficient (Wildman–Crippen LogP) is 4.94. The van der Waals surface area contributed by atoms with E-state index in [2.05, 4.69) is 15.4 Å². The van der Waals surface area contributed by atoms with Crippen molar-refractivity contribution in [3.05, 3.63) is 88.8 Å². The summed E-state index contributed by atoms with van der Waals surface area (Å²) in [6.07, 6.45) is 1.37. The van der Waals surface area contributed by atoms with Crippen LogP contribution in [0, 0.1) is 5.82 Å². The molecule has 0 radical (unpaired) electrons. The summed E-state index contributed by atoms with van der Waals surface area (Å²) in [5.41, 5.74) is 0.283. The van der Waals surface area contributed by atoms with E-state index in [-0.39, 0.29) is 35.4 Å². The number of anilines is 1. The van der Waals surface area contributed by atoms with E-state index >= 15 is 0 Å². The van der Waals surface area contributed by atoms with Gasteiger partial charge in [0.25, 0.3) is 5.91 Å². The Morgan fingerprint density at radius 1 is 1.12 bits per heavy atom. The van der Waals surface area contributed by atoms with Crippen LogP contribution in [-0.2, 0) is 13.2 Å². The molecular weight excluding hydrogens is 451 g/mol. The monoisotopic (exact) mass is 470 g/mol. The minimum absolute atomic E-state index is 0.0519. The van der Waals surface area contributed by atoms with Gasteiger partial charge in [0.1, 0.15) is 36.0 Å². The molecule has 2 heterocycles. The van der Waals surface area contributed by atoms with Crippen LogP contribution in [0.25, 0.3) is 0 Å². The van der Waals surface area contributed by atoms with Crippen molar-refractivity contribution in [2.75, 3.05) is 11.9 Å². The maximum Gasteiger partial charge on any atom is 0.293 e. The average molecular weight is 471 g/mol. The number of aromatic nitrogens is 3. The summed E-state index contributed by atoms with van der Waals surface area (Å²) in [6.45, 7) is 2.73. The van der Waals surface area contributed by atoms with Crippen molar-refractivity contribution >= 4 is 23.5 Å². The Kier molecular flexibility index (Phi) is 6.89. The molecule has 10 heteroatoms. The number of amides is 1. The highest BCUT2D eigenvalue weighted by molar-refractivity contribution is 6.31. The SMILES string of the molecule is CCOc1ccc(OCc2ccc(C(=O)Nc3ncn(Cc4c(F)cccc4Cl)n3)o2)cc1. The first-order chi connectivity index (χ1) is 16.0. The average Bonchev–Trinajstić information content (AvgIpc) is 3.46. The van der Waals surface area contributed by atoms with Crippen molar-refractivity contribution in [1.82, 2.24) is 14.8 Å². The minimum Gasteiger partial charge on any atom is -0.494 e. The third kappa shape index (κ3) is 5.69. The van der Waals surface area contributed by atoms with E-state index in [9.17, 15) is 9.18 Å². The first-order valence-corrected chi connectivity index (χ1v) is 10.5. The number of nitrogens with one attached hydrogen (secondary N) is 1. The van der Waals surface area contributed by atoms with E-state index in [0.29, 0.717) is 18.1 Å². The first kappa shape index (κ1) is 22.3. The number of hydrogen-bond acceptors (Lipinski definition) is 6. The van der Waals surface area contributed by atoms with Gasteiger partial charge in [0.05, 0.1) is 13.2 Å². The summed E-state index contributed by atoms with van der Waals surface area (Å²) in [5, 5.41) is 6.95. The molecule has 2 aromatic carbocycles. The zero-order valence-electron chi connectivity index (χ0n) is 17.6. The van der Waals surface area contributed by atoms with Gasteiger partial charge in [0.2, 0.25) is 5.95 Å². The van der Waals surface area contributed by atoms with E-state index in [1.807, 2.05) is 19.1 Å². The summed E-state index contributed by atoms with van der Waals surface area (Å²) in [7, 11) is 0. The molecule has 0 unspecified atom stereocenters. The van der Waals surface area contributed by atoms with Gasteiger partial charge in [-0.2, -0.15) is 0 Å². The van der Waals surface area contributed by atoms with Gasteiger partial charge in [-0.15, -0.1) is 5.10 Å². The minimum atomic E-state index is -0.524. The van der Waals surface area contributed by atoms with Crippen LogP contribution in [0.15, 0.2) is 65.3 Å². The van der Waals surface area contributed by atoms with Crippen LogP contribution >= 0.6 is 11.6 Å². The van der Waals surface area contributed by atoms with Gasteiger partial charge in [-0.25, -0.2) is 14.1 Å². The van der Waals surface area contributed by atoms with Crippen LogP contribution in [-0.4, -0.2) is 27.3 Å². The number of furan rings is 1. The number of carbonyl (C=O) groups excluding carboxylic acids is 1. The Morgan fingerprint density at radius 2 is 1.88 bits per heavy atom. The predicted molar refractivity (Wildman–Crippen MR) is 119 cm³/mol. The molecular formula is C23H20ClFN4O4. The highest BCUT2D eigenvalue weighted by Crippen LogP contribution is 2.21. The summed E-state index contributed by atoms with van der Waals surface area (Å²) < 4.78 is 31.9. The fraction of sp³-hybridized carbons (Fsp3) is 0.174. The van der Waals surface area contributed by atoms with E-state index in [4.69, 9.17) is 25.5 Å². The van der Waals surface area contributed by atoms with Crippen molar-refractivity contribution in [3.63, 3.8) is 0 Å². The van der Waals surface area contributed by atoms with Gasteiger partial charge in [-0.3, -0.25) is 10.1 Å². The first-order valence-electron chi connectivity index (χ1n) is 10.1. The standard InChI is InChI=1S/C23H20ClFN4O4/c1-2-31-15-6-8-16(9-7-15)32-13-17-10-11-21(33-17)22(30)27-23-26-14-29(28-23)12-18-19(24)4-3-5-20(18)25/h3-11,14H,2,12-13H2,1H3,(H,27,28,30). The molecule has 0 aliphatic heterocycles. The quantitative estimate of drug-likeness (QED) is 0.372. The van der Waals surface area contributed by atoms with Crippen molar-refractivity contribution in [3.8, 4) is 11.5 Å². The van der Waals surface area contributed by atoms with E-state index in [1.54, 1.807) is 24.3 Å². The summed E-state index contributed by atoms with van der Waals surface area (Å²) in [6, 6.07) is 14.8. The molecule has 8 nitrogen and oxygen atoms in total. The molecule has 0 spiro atoms. The van der Waals surface area contributed by atoms with Gasteiger partial charge < -0.3 is 13.9 Å². The Hall–Kier alpha value is -3.85. The smallest absolute Gasteiger partial charge is 0.293 e. The van der Waals surface area contributed by atoms with Crippen LogP contribution in [0.5, 0.6) is 11.5 Å². The molecule has 1 N–H and O–H groups in total. The molecule has 2 aromatic heterocycles. The second-order valence-corrected chi connectivity index (χ2v) is 7.29. The molecule has 1 amide bonds. The molecule has 0 aliphatic carbocycles. The van der Waals surface area contributed by atoms with Crippen molar-refractivity contribution < 1.29 is 23.1 Å². The lowest BCUT2D eigenvalue weighted by Gasteiger charge is -2.06. The summed E-state index contributed by atoms with van der Waals surface area (Å²) >= 11 is 6.04. The zero-order chi connectivity index (χ0) is 23.2. The van der Waals surface area contributed by atoms with Crippen LogP contribution in [0.1, 0.15) is 28.8 Å². The fourth-order valence-corrected chi connectivity index (χ4v) is 3.19. The lowest BCUT2D eigenvalue weighted by molar-refractivity contribution is 0.0991.